The summed E-state index contributed by atoms with van der Waals surface area (Å²) in [5.74, 6) is 0. The zero-order valence-corrected chi connectivity index (χ0v) is 9.03. The predicted octanol–water partition coefficient (Wildman–Crippen LogP) is 4.30. The van der Waals surface area contributed by atoms with Gasteiger partial charge in [-0.25, -0.2) is 0 Å². The zero-order valence-electron chi connectivity index (χ0n) is 9.03. The summed E-state index contributed by atoms with van der Waals surface area (Å²) < 4.78 is 0. The first-order valence-corrected chi connectivity index (χ1v) is 4.63. The standard InChI is InChI=1S/C7H8.C7H10/c1-7-5-3-2-4-6-7;1-4-5-6-7(2)3/h2-6H,1H3;4-6H,1-2H2,3H3/b;6-5-. The van der Waals surface area contributed by atoms with Crippen molar-refractivity contribution in [2.24, 2.45) is 0 Å². The van der Waals surface area contributed by atoms with Crippen LogP contribution >= 0.6 is 0 Å². The van der Waals surface area contributed by atoms with Crippen molar-refractivity contribution in [3.05, 3.63) is 72.9 Å². The average molecular weight is 186 g/mol. The first kappa shape index (κ1) is 12.4. The molecule has 0 aliphatic heterocycles. The topological polar surface area (TPSA) is 0 Å². The molecule has 0 amide bonds. The van der Waals surface area contributed by atoms with E-state index in [1.165, 1.54) is 5.56 Å². The maximum Gasteiger partial charge on any atom is -0.0398 e. The molecule has 0 aliphatic carbocycles. The van der Waals surface area contributed by atoms with Gasteiger partial charge in [-0.2, -0.15) is 0 Å². The van der Waals surface area contributed by atoms with Crippen LogP contribution < -0.4 is 0 Å². The van der Waals surface area contributed by atoms with Crippen LogP contribution in [-0.4, -0.2) is 0 Å². The van der Waals surface area contributed by atoms with Gasteiger partial charge in [-0.3, -0.25) is 0 Å². The molecule has 0 N–H and O–H groups in total. The van der Waals surface area contributed by atoms with Crippen LogP contribution in [0.2, 0.25) is 0 Å². The molecule has 0 saturated carbocycles. The van der Waals surface area contributed by atoms with Crippen molar-refractivity contribution in [2.45, 2.75) is 13.8 Å². The van der Waals surface area contributed by atoms with E-state index < -0.39 is 0 Å². The number of hydrogen-bond donors (Lipinski definition) is 0. The minimum atomic E-state index is 1.06. The van der Waals surface area contributed by atoms with Crippen molar-refractivity contribution in [1.82, 2.24) is 0 Å². The summed E-state index contributed by atoms with van der Waals surface area (Å²) in [5, 5.41) is 0. The van der Waals surface area contributed by atoms with E-state index in [0.717, 1.165) is 5.57 Å². The maximum absolute atomic E-state index is 3.66. The molecular formula is C14H18. The number of hydrogen-bond acceptors (Lipinski definition) is 0. The molecule has 0 fully saturated rings. The largest absolute Gasteiger partial charge is 0.0991 e. The molecule has 74 valence electrons. The monoisotopic (exact) mass is 186 g/mol. The van der Waals surface area contributed by atoms with E-state index in [1.807, 2.05) is 37.3 Å². The van der Waals surface area contributed by atoms with Gasteiger partial charge in [0, 0.05) is 0 Å². The summed E-state index contributed by atoms with van der Waals surface area (Å²) in [6, 6.07) is 10.3. The second-order valence-corrected chi connectivity index (χ2v) is 3.10. The Hall–Kier alpha value is -1.56. The molecule has 0 saturated heterocycles. The molecule has 1 aromatic carbocycles. The highest BCUT2D eigenvalue weighted by Gasteiger charge is 1.72. The fraction of sp³-hybridized carbons (Fsp3) is 0.143. The molecule has 0 nitrogen and oxygen atoms in total. The van der Waals surface area contributed by atoms with Crippen LogP contribution in [0.4, 0.5) is 0 Å². The lowest BCUT2D eigenvalue weighted by atomic mass is 10.2. The average Bonchev–Trinajstić information content (AvgIpc) is 2.17. The van der Waals surface area contributed by atoms with Gasteiger partial charge in [-0.15, -0.1) is 0 Å². The van der Waals surface area contributed by atoms with Crippen LogP contribution in [0.1, 0.15) is 12.5 Å². The van der Waals surface area contributed by atoms with Crippen LogP contribution in [0, 0.1) is 6.92 Å². The van der Waals surface area contributed by atoms with Gasteiger partial charge in [0.25, 0.3) is 0 Å². The molecule has 0 aromatic heterocycles. The Kier molecular flexibility index (Phi) is 7.16. The highest BCUT2D eigenvalue weighted by atomic mass is 13.8. The number of aryl methyl sites for hydroxylation is 1. The minimum absolute atomic E-state index is 1.06. The number of benzene rings is 1. The van der Waals surface area contributed by atoms with Crippen LogP contribution in [0.5, 0.6) is 0 Å². The zero-order chi connectivity index (χ0) is 10.8. The molecule has 0 bridgehead atoms. The molecule has 0 radical (unpaired) electrons. The van der Waals surface area contributed by atoms with Crippen LogP contribution in [0.25, 0.3) is 0 Å². The smallest absolute Gasteiger partial charge is 0.0398 e. The van der Waals surface area contributed by atoms with E-state index >= 15 is 0 Å². The minimum Gasteiger partial charge on any atom is -0.0991 e. The number of allylic oxidation sites excluding steroid dienone is 4. The Bertz CT molecular complexity index is 291. The molecule has 0 aliphatic rings. The Morgan fingerprint density at radius 3 is 2.00 bits per heavy atom. The molecule has 1 aromatic rings. The van der Waals surface area contributed by atoms with Crippen LogP contribution in [0.3, 0.4) is 0 Å². The summed E-state index contributed by atoms with van der Waals surface area (Å²) in [6.07, 6.45) is 5.50. The first-order chi connectivity index (χ1) is 6.66. The molecule has 0 heteroatoms. The van der Waals surface area contributed by atoms with Gasteiger partial charge in [-0.05, 0) is 13.8 Å². The fourth-order valence-electron chi connectivity index (χ4n) is 0.767. The number of rotatable bonds is 2. The summed E-state index contributed by atoms with van der Waals surface area (Å²) in [7, 11) is 0. The van der Waals surface area contributed by atoms with Gasteiger partial charge in [0.1, 0.15) is 0 Å². The van der Waals surface area contributed by atoms with E-state index in [4.69, 9.17) is 0 Å². The lowest BCUT2D eigenvalue weighted by Crippen LogP contribution is -1.62. The molecule has 0 heterocycles. The van der Waals surface area contributed by atoms with Gasteiger partial charge in [-0.1, -0.05) is 72.9 Å². The van der Waals surface area contributed by atoms with Crippen molar-refractivity contribution < 1.29 is 0 Å². The highest BCUT2D eigenvalue weighted by molar-refractivity contribution is 5.15. The summed E-state index contributed by atoms with van der Waals surface area (Å²) >= 11 is 0. The van der Waals surface area contributed by atoms with Crippen molar-refractivity contribution in [3.8, 4) is 0 Å². The van der Waals surface area contributed by atoms with E-state index in [-0.39, 0.29) is 0 Å². The lowest BCUT2D eigenvalue weighted by molar-refractivity contribution is 1.48. The van der Waals surface area contributed by atoms with Crippen molar-refractivity contribution in [2.75, 3.05) is 0 Å². The fourth-order valence-corrected chi connectivity index (χ4v) is 0.767. The van der Waals surface area contributed by atoms with E-state index in [1.54, 1.807) is 6.08 Å². The predicted molar refractivity (Wildman–Crippen MR) is 65.3 cm³/mol. The van der Waals surface area contributed by atoms with Gasteiger partial charge in [0.15, 0.2) is 0 Å². The van der Waals surface area contributed by atoms with Crippen molar-refractivity contribution >= 4 is 0 Å². The molecule has 14 heavy (non-hydrogen) atoms. The van der Waals surface area contributed by atoms with Gasteiger partial charge in [0.2, 0.25) is 0 Å². The van der Waals surface area contributed by atoms with Crippen molar-refractivity contribution in [1.29, 1.82) is 0 Å². The highest BCUT2D eigenvalue weighted by Crippen LogP contribution is 1.92. The third-order valence-electron chi connectivity index (χ3n) is 1.46. The van der Waals surface area contributed by atoms with Crippen LogP contribution in [-0.2, 0) is 0 Å². The third kappa shape index (κ3) is 8.54. The van der Waals surface area contributed by atoms with E-state index in [2.05, 4.69) is 32.2 Å². The lowest BCUT2D eigenvalue weighted by Gasteiger charge is -1.82. The SMILES string of the molecule is C=C/C=C\C(=C)C.Cc1ccccc1. The third-order valence-corrected chi connectivity index (χ3v) is 1.46. The maximum atomic E-state index is 3.66. The van der Waals surface area contributed by atoms with Gasteiger partial charge >= 0.3 is 0 Å². The first-order valence-electron chi connectivity index (χ1n) is 4.63. The Labute approximate surface area is 87.3 Å². The van der Waals surface area contributed by atoms with E-state index in [9.17, 15) is 0 Å². The summed E-state index contributed by atoms with van der Waals surface area (Å²) in [6.45, 7) is 11.2. The van der Waals surface area contributed by atoms with Crippen molar-refractivity contribution in [3.63, 3.8) is 0 Å². The normalized spacial score (nSPS) is 9.00. The molecule has 0 spiro atoms. The van der Waals surface area contributed by atoms with Crippen LogP contribution in [0.15, 0.2) is 67.3 Å². The molecular weight excluding hydrogens is 168 g/mol. The van der Waals surface area contributed by atoms with Gasteiger partial charge < -0.3 is 0 Å². The quantitative estimate of drug-likeness (QED) is 0.604. The Morgan fingerprint density at radius 2 is 1.79 bits per heavy atom. The molecule has 0 unspecified atom stereocenters. The summed E-state index contributed by atoms with van der Waals surface area (Å²) in [4.78, 5) is 0. The molecule has 0 atom stereocenters. The second-order valence-electron chi connectivity index (χ2n) is 3.10. The summed E-state index contributed by atoms with van der Waals surface area (Å²) in [5.41, 5.74) is 2.38. The Balaban J connectivity index is 0.000000241. The Morgan fingerprint density at radius 1 is 1.21 bits per heavy atom. The second kappa shape index (κ2) is 8.06. The van der Waals surface area contributed by atoms with E-state index in [0.29, 0.717) is 0 Å². The van der Waals surface area contributed by atoms with Gasteiger partial charge in [0.05, 0.1) is 0 Å². The molecule has 1 rings (SSSR count).